The first-order valence-electron chi connectivity index (χ1n) is 6.53. The molecule has 6 heteroatoms. The highest BCUT2D eigenvalue weighted by molar-refractivity contribution is 7.94. The van der Waals surface area contributed by atoms with Gasteiger partial charge in [0, 0.05) is 11.1 Å². The molecule has 0 saturated heterocycles. The third-order valence-corrected chi connectivity index (χ3v) is 4.83. The van der Waals surface area contributed by atoms with Gasteiger partial charge in [-0.1, -0.05) is 18.2 Å². The molecule has 0 fully saturated rings. The van der Waals surface area contributed by atoms with Crippen molar-refractivity contribution in [1.82, 2.24) is 5.32 Å². The van der Waals surface area contributed by atoms with Crippen LogP contribution >= 0.6 is 0 Å². The quantitative estimate of drug-likeness (QED) is 0.942. The minimum atomic E-state index is -3.65. The number of hydrogen-bond donors (Lipinski definition) is 1. The van der Waals surface area contributed by atoms with Crippen molar-refractivity contribution >= 4 is 21.4 Å². The standard InChI is InChI=1S/C16H13NO4S/c1-21-11-7-8-13-14(9-11)15(17-16(13)18)10-22(19,20)12-5-3-2-4-6-12/h2-10H,1H3,(H,17,18)/b15-10+. The molecular formula is C16H13NO4S. The molecule has 0 atom stereocenters. The summed E-state index contributed by atoms with van der Waals surface area (Å²) in [6.45, 7) is 0. The summed E-state index contributed by atoms with van der Waals surface area (Å²) < 4.78 is 29.9. The van der Waals surface area contributed by atoms with Gasteiger partial charge in [-0.25, -0.2) is 8.42 Å². The number of amides is 1. The highest BCUT2D eigenvalue weighted by atomic mass is 32.2. The van der Waals surface area contributed by atoms with Crippen LogP contribution in [0, 0.1) is 0 Å². The van der Waals surface area contributed by atoms with E-state index in [0.29, 0.717) is 16.9 Å². The number of fused-ring (bicyclic) bond motifs is 1. The van der Waals surface area contributed by atoms with Crippen molar-refractivity contribution in [2.24, 2.45) is 0 Å². The Morgan fingerprint density at radius 1 is 1.05 bits per heavy atom. The van der Waals surface area contributed by atoms with E-state index in [4.69, 9.17) is 4.74 Å². The molecule has 1 aliphatic heterocycles. The minimum absolute atomic E-state index is 0.174. The average Bonchev–Trinajstić information content (AvgIpc) is 2.83. The van der Waals surface area contributed by atoms with Gasteiger partial charge in [-0.3, -0.25) is 4.79 Å². The van der Waals surface area contributed by atoms with Gasteiger partial charge in [-0.05, 0) is 30.3 Å². The fourth-order valence-electron chi connectivity index (χ4n) is 2.25. The molecule has 0 unspecified atom stereocenters. The van der Waals surface area contributed by atoms with Gasteiger partial charge in [0.1, 0.15) is 5.75 Å². The van der Waals surface area contributed by atoms with E-state index < -0.39 is 9.84 Å². The van der Waals surface area contributed by atoms with Gasteiger partial charge < -0.3 is 10.1 Å². The Morgan fingerprint density at radius 2 is 1.77 bits per heavy atom. The fourth-order valence-corrected chi connectivity index (χ4v) is 3.42. The van der Waals surface area contributed by atoms with Crippen molar-refractivity contribution in [3.8, 4) is 5.75 Å². The Morgan fingerprint density at radius 3 is 2.45 bits per heavy atom. The molecule has 0 bridgehead atoms. The normalized spacial score (nSPS) is 15.5. The number of nitrogens with one attached hydrogen (secondary N) is 1. The Kier molecular flexibility index (Phi) is 3.46. The lowest BCUT2D eigenvalue weighted by Gasteiger charge is -2.04. The molecule has 2 aromatic rings. The highest BCUT2D eigenvalue weighted by Crippen LogP contribution is 2.29. The van der Waals surface area contributed by atoms with Crippen LogP contribution in [0.4, 0.5) is 0 Å². The second kappa shape index (κ2) is 5.31. The predicted octanol–water partition coefficient (Wildman–Crippen LogP) is 2.21. The Labute approximate surface area is 128 Å². The van der Waals surface area contributed by atoms with E-state index in [2.05, 4.69) is 5.32 Å². The van der Waals surface area contributed by atoms with Crippen LogP contribution in [0.3, 0.4) is 0 Å². The third kappa shape index (κ3) is 2.48. The molecule has 1 amide bonds. The number of carbonyl (C=O) groups excluding carboxylic acids is 1. The van der Waals surface area contributed by atoms with E-state index in [0.717, 1.165) is 5.41 Å². The smallest absolute Gasteiger partial charge is 0.256 e. The lowest BCUT2D eigenvalue weighted by atomic mass is 10.1. The summed E-state index contributed by atoms with van der Waals surface area (Å²) in [7, 11) is -2.14. The van der Waals surface area contributed by atoms with Gasteiger partial charge in [0.2, 0.25) is 9.84 Å². The Balaban J connectivity index is 2.10. The van der Waals surface area contributed by atoms with Crippen molar-refractivity contribution in [2.45, 2.75) is 4.90 Å². The highest BCUT2D eigenvalue weighted by Gasteiger charge is 2.26. The Hall–Kier alpha value is -2.60. The summed E-state index contributed by atoms with van der Waals surface area (Å²) in [6, 6.07) is 13.0. The molecule has 0 aliphatic carbocycles. The molecule has 0 radical (unpaired) electrons. The maximum Gasteiger partial charge on any atom is 0.256 e. The van der Waals surface area contributed by atoms with E-state index >= 15 is 0 Å². The van der Waals surface area contributed by atoms with Crippen molar-refractivity contribution in [3.63, 3.8) is 0 Å². The molecule has 1 heterocycles. The van der Waals surface area contributed by atoms with Crippen molar-refractivity contribution in [3.05, 3.63) is 65.1 Å². The lowest BCUT2D eigenvalue weighted by molar-refractivity contribution is 0.0981. The summed E-state index contributed by atoms with van der Waals surface area (Å²) in [6.07, 6.45) is 0. The number of rotatable bonds is 3. The van der Waals surface area contributed by atoms with Crippen LogP contribution in [0.15, 0.2) is 58.8 Å². The van der Waals surface area contributed by atoms with Crippen LogP contribution < -0.4 is 10.1 Å². The molecule has 0 aromatic heterocycles. The van der Waals surface area contributed by atoms with E-state index in [1.54, 1.807) is 36.4 Å². The van der Waals surface area contributed by atoms with Gasteiger partial charge in [0.15, 0.2) is 0 Å². The zero-order chi connectivity index (χ0) is 15.7. The summed E-state index contributed by atoms with van der Waals surface area (Å²) >= 11 is 0. The Bertz CT molecular complexity index is 870. The molecule has 112 valence electrons. The van der Waals surface area contributed by atoms with Gasteiger partial charge in [-0.15, -0.1) is 0 Å². The third-order valence-electron chi connectivity index (χ3n) is 3.35. The SMILES string of the molecule is COc1ccc2c(c1)/C(=C\S(=O)(=O)c1ccccc1)NC2=O. The van der Waals surface area contributed by atoms with E-state index in [-0.39, 0.29) is 16.5 Å². The van der Waals surface area contributed by atoms with Gasteiger partial charge in [0.05, 0.1) is 23.1 Å². The first-order chi connectivity index (χ1) is 10.5. The van der Waals surface area contributed by atoms with Crippen LogP contribution in [0.5, 0.6) is 5.75 Å². The van der Waals surface area contributed by atoms with Gasteiger partial charge in [-0.2, -0.15) is 0 Å². The van der Waals surface area contributed by atoms with Crippen LogP contribution in [0.25, 0.3) is 5.70 Å². The molecular weight excluding hydrogens is 302 g/mol. The molecule has 1 aliphatic rings. The largest absolute Gasteiger partial charge is 0.497 e. The topological polar surface area (TPSA) is 72.5 Å². The molecule has 0 saturated carbocycles. The fraction of sp³-hybridized carbons (Fsp3) is 0.0625. The maximum absolute atomic E-state index is 12.4. The minimum Gasteiger partial charge on any atom is -0.497 e. The van der Waals surface area contributed by atoms with E-state index in [1.165, 1.54) is 19.2 Å². The molecule has 3 rings (SSSR count). The number of ether oxygens (including phenoxy) is 1. The molecule has 1 N–H and O–H groups in total. The number of hydrogen-bond acceptors (Lipinski definition) is 4. The zero-order valence-electron chi connectivity index (χ0n) is 11.7. The predicted molar refractivity (Wildman–Crippen MR) is 82.1 cm³/mol. The molecule has 5 nitrogen and oxygen atoms in total. The summed E-state index contributed by atoms with van der Waals surface area (Å²) in [5.41, 5.74) is 1.20. The van der Waals surface area contributed by atoms with Crippen molar-refractivity contribution < 1.29 is 17.9 Å². The summed E-state index contributed by atoms with van der Waals surface area (Å²) in [5.74, 6) is 0.227. The summed E-state index contributed by atoms with van der Waals surface area (Å²) in [4.78, 5) is 12.1. The second-order valence-electron chi connectivity index (χ2n) is 4.76. The lowest BCUT2D eigenvalue weighted by Crippen LogP contribution is -2.13. The number of sulfone groups is 1. The number of methoxy groups -OCH3 is 1. The first kappa shape index (κ1) is 14.3. The number of benzene rings is 2. The van der Waals surface area contributed by atoms with Crippen LogP contribution in [-0.4, -0.2) is 21.4 Å². The van der Waals surface area contributed by atoms with Crippen LogP contribution in [-0.2, 0) is 9.84 Å². The zero-order valence-corrected chi connectivity index (χ0v) is 12.6. The van der Waals surface area contributed by atoms with Crippen LogP contribution in [0.2, 0.25) is 0 Å². The van der Waals surface area contributed by atoms with Crippen LogP contribution in [0.1, 0.15) is 15.9 Å². The molecule has 2 aromatic carbocycles. The monoisotopic (exact) mass is 315 g/mol. The van der Waals surface area contributed by atoms with E-state index in [1.807, 2.05) is 0 Å². The second-order valence-corrected chi connectivity index (χ2v) is 6.55. The summed E-state index contributed by atoms with van der Waals surface area (Å²) in [5, 5.41) is 3.66. The maximum atomic E-state index is 12.4. The van der Waals surface area contributed by atoms with E-state index in [9.17, 15) is 13.2 Å². The van der Waals surface area contributed by atoms with Gasteiger partial charge >= 0.3 is 0 Å². The first-order valence-corrected chi connectivity index (χ1v) is 8.07. The van der Waals surface area contributed by atoms with Crippen molar-refractivity contribution in [1.29, 1.82) is 0 Å². The van der Waals surface area contributed by atoms with Gasteiger partial charge in [0.25, 0.3) is 5.91 Å². The number of carbonyl (C=O) groups is 1. The molecule has 0 spiro atoms. The average molecular weight is 315 g/mol. The molecule has 22 heavy (non-hydrogen) atoms. The van der Waals surface area contributed by atoms with Crippen molar-refractivity contribution in [2.75, 3.05) is 7.11 Å².